The summed E-state index contributed by atoms with van der Waals surface area (Å²) in [6.45, 7) is 5.12. The molecule has 0 saturated carbocycles. The molecular weight excluding hydrogens is 252 g/mol. The maximum Gasteiger partial charge on any atom is 0.180 e. The van der Waals surface area contributed by atoms with Gasteiger partial charge in [-0.3, -0.25) is 0 Å². The Labute approximate surface area is 120 Å². The standard InChI is InChI=1S/C14H24N6/c1-5-7-19(10-9-18(3)4)14-13-16-6-8-20(13)11-12(15-2)17-14/h6,8,11,15H,5,7,9-10H2,1-4H3. The fraction of sp³-hybridized carbons (Fsp3) is 0.571. The molecular formula is C14H24N6. The first-order valence-electron chi connectivity index (χ1n) is 7.06. The topological polar surface area (TPSA) is 48.7 Å². The van der Waals surface area contributed by atoms with Gasteiger partial charge in [0.15, 0.2) is 11.5 Å². The van der Waals surface area contributed by atoms with E-state index in [-0.39, 0.29) is 0 Å². The van der Waals surface area contributed by atoms with Crippen molar-refractivity contribution in [2.75, 3.05) is 51.0 Å². The first-order chi connectivity index (χ1) is 9.65. The Morgan fingerprint density at radius 3 is 2.70 bits per heavy atom. The predicted octanol–water partition coefficient (Wildman–Crippen LogP) is 1.55. The smallest absolute Gasteiger partial charge is 0.180 e. The minimum Gasteiger partial charge on any atom is -0.372 e. The highest BCUT2D eigenvalue weighted by Gasteiger charge is 2.14. The van der Waals surface area contributed by atoms with Gasteiger partial charge in [0, 0.05) is 39.1 Å². The normalized spacial score (nSPS) is 11.2. The second kappa shape index (κ2) is 6.56. The average molecular weight is 276 g/mol. The van der Waals surface area contributed by atoms with Crippen LogP contribution in [-0.4, -0.2) is 60.0 Å². The summed E-state index contributed by atoms with van der Waals surface area (Å²) in [5.41, 5.74) is 0.913. The summed E-state index contributed by atoms with van der Waals surface area (Å²) in [4.78, 5) is 13.6. The molecule has 0 radical (unpaired) electrons. The molecule has 2 heterocycles. The zero-order valence-electron chi connectivity index (χ0n) is 12.8. The van der Waals surface area contributed by atoms with E-state index in [1.807, 2.05) is 30.0 Å². The number of hydrogen-bond acceptors (Lipinski definition) is 5. The van der Waals surface area contributed by atoms with Gasteiger partial charge in [0.1, 0.15) is 5.82 Å². The Morgan fingerprint density at radius 2 is 2.05 bits per heavy atom. The van der Waals surface area contributed by atoms with Crippen molar-refractivity contribution in [1.29, 1.82) is 0 Å². The minimum absolute atomic E-state index is 0.858. The molecule has 0 aliphatic rings. The molecule has 0 aliphatic heterocycles. The molecule has 6 nitrogen and oxygen atoms in total. The van der Waals surface area contributed by atoms with Gasteiger partial charge >= 0.3 is 0 Å². The number of hydrogen-bond donors (Lipinski definition) is 1. The molecule has 0 bridgehead atoms. The number of nitrogens with one attached hydrogen (secondary N) is 1. The summed E-state index contributed by atoms with van der Waals surface area (Å²) in [7, 11) is 6.07. The minimum atomic E-state index is 0.858. The van der Waals surface area contributed by atoms with Gasteiger partial charge < -0.3 is 19.5 Å². The number of fused-ring (bicyclic) bond motifs is 1. The summed E-state index contributed by atoms with van der Waals surface area (Å²) in [5.74, 6) is 1.81. The predicted molar refractivity (Wildman–Crippen MR) is 83.6 cm³/mol. The first kappa shape index (κ1) is 14.6. The van der Waals surface area contributed by atoms with Crippen molar-refractivity contribution in [1.82, 2.24) is 19.3 Å². The van der Waals surface area contributed by atoms with Gasteiger partial charge in [-0.2, -0.15) is 0 Å². The summed E-state index contributed by atoms with van der Waals surface area (Å²) in [6, 6.07) is 0. The lowest BCUT2D eigenvalue weighted by Crippen LogP contribution is -2.33. The summed E-state index contributed by atoms with van der Waals surface area (Å²) in [5, 5.41) is 3.11. The van der Waals surface area contributed by atoms with E-state index < -0.39 is 0 Å². The van der Waals surface area contributed by atoms with Crippen LogP contribution in [0.25, 0.3) is 5.65 Å². The quantitative estimate of drug-likeness (QED) is 0.831. The van der Waals surface area contributed by atoms with Crippen LogP contribution in [0.2, 0.25) is 0 Å². The van der Waals surface area contributed by atoms with Crippen molar-refractivity contribution in [2.24, 2.45) is 0 Å². The molecule has 6 heteroatoms. The van der Waals surface area contributed by atoms with Crippen LogP contribution in [0, 0.1) is 0 Å². The summed E-state index contributed by atoms with van der Waals surface area (Å²) < 4.78 is 2.02. The lowest BCUT2D eigenvalue weighted by atomic mass is 10.3. The molecule has 0 unspecified atom stereocenters. The molecule has 110 valence electrons. The van der Waals surface area contributed by atoms with Gasteiger partial charge in [-0.25, -0.2) is 9.97 Å². The van der Waals surface area contributed by atoms with Crippen molar-refractivity contribution in [3.05, 3.63) is 18.6 Å². The molecule has 0 fully saturated rings. The molecule has 0 amide bonds. The maximum absolute atomic E-state index is 4.70. The molecule has 0 saturated heterocycles. The van der Waals surface area contributed by atoms with Crippen LogP contribution in [0.1, 0.15) is 13.3 Å². The Kier molecular flexibility index (Phi) is 4.79. The zero-order valence-corrected chi connectivity index (χ0v) is 12.8. The third-order valence-corrected chi connectivity index (χ3v) is 3.22. The van der Waals surface area contributed by atoms with Crippen LogP contribution in [-0.2, 0) is 0 Å². The van der Waals surface area contributed by atoms with Crippen LogP contribution in [0.15, 0.2) is 18.6 Å². The number of anilines is 2. The third-order valence-electron chi connectivity index (χ3n) is 3.22. The highest BCUT2D eigenvalue weighted by Crippen LogP contribution is 2.20. The molecule has 0 aliphatic carbocycles. The highest BCUT2D eigenvalue weighted by atomic mass is 15.3. The fourth-order valence-electron chi connectivity index (χ4n) is 2.16. The second-order valence-electron chi connectivity index (χ2n) is 5.15. The summed E-state index contributed by atoms with van der Waals surface area (Å²) >= 11 is 0. The highest BCUT2D eigenvalue weighted by molar-refractivity contribution is 5.66. The van der Waals surface area contributed by atoms with Crippen LogP contribution >= 0.6 is 0 Å². The van der Waals surface area contributed by atoms with Crippen LogP contribution in [0.3, 0.4) is 0 Å². The van der Waals surface area contributed by atoms with E-state index in [2.05, 4.69) is 41.1 Å². The average Bonchev–Trinajstić information content (AvgIpc) is 2.90. The van der Waals surface area contributed by atoms with Crippen LogP contribution < -0.4 is 10.2 Å². The van der Waals surface area contributed by atoms with Crippen molar-refractivity contribution >= 4 is 17.3 Å². The van der Waals surface area contributed by atoms with Gasteiger partial charge in [0.05, 0.1) is 6.20 Å². The number of imidazole rings is 1. The van der Waals surface area contributed by atoms with E-state index >= 15 is 0 Å². The second-order valence-corrected chi connectivity index (χ2v) is 5.15. The summed E-state index contributed by atoms with van der Waals surface area (Å²) in [6.07, 6.45) is 6.82. The van der Waals surface area contributed by atoms with Crippen molar-refractivity contribution < 1.29 is 0 Å². The fourth-order valence-corrected chi connectivity index (χ4v) is 2.16. The van der Waals surface area contributed by atoms with E-state index in [0.717, 1.165) is 43.3 Å². The van der Waals surface area contributed by atoms with Crippen molar-refractivity contribution in [3.63, 3.8) is 0 Å². The van der Waals surface area contributed by atoms with E-state index in [4.69, 9.17) is 4.98 Å². The molecule has 0 spiro atoms. The van der Waals surface area contributed by atoms with Crippen molar-refractivity contribution in [3.8, 4) is 0 Å². The van der Waals surface area contributed by atoms with Crippen LogP contribution in [0.4, 0.5) is 11.6 Å². The van der Waals surface area contributed by atoms with Crippen molar-refractivity contribution in [2.45, 2.75) is 13.3 Å². The Hall–Kier alpha value is -1.82. The monoisotopic (exact) mass is 276 g/mol. The third kappa shape index (κ3) is 3.19. The largest absolute Gasteiger partial charge is 0.372 e. The molecule has 0 atom stereocenters. The zero-order chi connectivity index (χ0) is 14.5. The lowest BCUT2D eigenvalue weighted by Gasteiger charge is -2.25. The SMILES string of the molecule is CCCN(CCN(C)C)c1nc(NC)cn2ccnc12. The van der Waals surface area contributed by atoms with Gasteiger partial charge in [-0.1, -0.05) is 6.92 Å². The molecule has 2 aromatic heterocycles. The van der Waals surface area contributed by atoms with Gasteiger partial charge in [-0.15, -0.1) is 0 Å². The first-order valence-corrected chi connectivity index (χ1v) is 7.06. The number of likely N-dealkylation sites (N-methyl/N-ethyl adjacent to an activating group) is 1. The molecule has 2 rings (SSSR count). The number of rotatable bonds is 7. The lowest BCUT2D eigenvalue weighted by molar-refractivity contribution is 0.412. The number of nitrogens with zero attached hydrogens (tertiary/aromatic N) is 5. The van der Waals surface area contributed by atoms with E-state index in [1.54, 1.807) is 0 Å². The Morgan fingerprint density at radius 1 is 1.25 bits per heavy atom. The van der Waals surface area contributed by atoms with Crippen LogP contribution in [0.5, 0.6) is 0 Å². The van der Waals surface area contributed by atoms with Gasteiger partial charge in [0.2, 0.25) is 0 Å². The Bertz CT molecular complexity index is 548. The Balaban J connectivity index is 2.37. The van der Waals surface area contributed by atoms with Gasteiger partial charge in [-0.05, 0) is 20.5 Å². The van der Waals surface area contributed by atoms with Gasteiger partial charge in [0.25, 0.3) is 0 Å². The van der Waals surface area contributed by atoms with E-state index in [0.29, 0.717) is 0 Å². The number of aromatic nitrogens is 3. The van der Waals surface area contributed by atoms with E-state index in [9.17, 15) is 0 Å². The van der Waals surface area contributed by atoms with E-state index in [1.165, 1.54) is 0 Å². The molecule has 2 aromatic rings. The molecule has 0 aromatic carbocycles. The molecule has 20 heavy (non-hydrogen) atoms. The maximum atomic E-state index is 4.70. The molecule has 1 N–H and O–H groups in total.